The van der Waals surface area contributed by atoms with Gasteiger partial charge in [-0.3, -0.25) is 4.79 Å². The third-order valence-electron chi connectivity index (χ3n) is 3.65. The molecule has 0 bridgehead atoms. The molecule has 1 unspecified atom stereocenters. The summed E-state index contributed by atoms with van der Waals surface area (Å²) >= 11 is 0. The van der Waals surface area contributed by atoms with Gasteiger partial charge in [-0.25, -0.2) is 0 Å². The Kier molecular flexibility index (Phi) is 4.43. The molecule has 0 fully saturated rings. The van der Waals surface area contributed by atoms with E-state index in [1.165, 1.54) is 5.56 Å². The van der Waals surface area contributed by atoms with Gasteiger partial charge in [0.05, 0.1) is 6.61 Å². The first-order chi connectivity index (χ1) is 9.13. The van der Waals surface area contributed by atoms with Gasteiger partial charge in [0.2, 0.25) is 5.91 Å². The molecule has 0 saturated carbocycles. The van der Waals surface area contributed by atoms with Crippen LogP contribution in [0.2, 0.25) is 0 Å². The van der Waals surface area contributed by atoms with E-state index in [1.807, 2.05) is 32.0 Å². The minimum atomic E-state index is 0.0173. The van der Waals surface area contributed by atoms with Gasteiger partial charge in [-0.2, -0.15) is 0 Å². The number of carbonyl (C=O) groups is 1. The van der Waals surface area contributed by atoms with Gasteiger partial charge in [-0.05, 0) is 25.5 Å². The van der Waals surface area contributed by atoms with Crippen LogP contribution in [0.4, 0.5) is 5.69 Å². The number of carbonyl (C=O) groups excluding carboxylic acids is 1. The third-order valence-corrected chi connectivity index (χ3v) is 3.65. The van der Waals surface area contributed by atoms with Crippen molar-refractivity contribution in [3.05, 3.63) is 29.8 Å². The van der Waals surface area contributed by atoms with E-state index in [0.717, 1.165) is 12.2 Å². The molecule has 1 aliphatic rings. The SMILES string of the molecule is CC(C)N(CCO)C(=O)CC1CNc2ccccc21. The molecule has 1 heterocycles. The molecule has 0 aliphatic carbocycles. The van der Waals surface area contributed by atoms with E-state index in [2.05, 4.69) is 11.4 Å². The van der Waals surface area contributed by atoms with Crippen molar-refractivity contribution < 1.29 is 9.90 Å². The van der Waals surface area contributed by atoms with Crippen molar-refractivity contribution >= 4 is 11.6 Å². The van der Waals surface area contributed by atoms with Crippen LogP contribution < -0.4 is 5.32 Å². The lowest BCUT2D eigenvalue weighted by Gasteiger charge is -2.27. The van der Waals surface area contributed by atoms with Crippen molar-refractivity contribution in [3.8, 4) is 0 Å². The molecule has 1 aromatic rings. The van der Waals surface area contributed by atoms with E-state index in [0.29, 0.717) is 13.0 Å². The number of aliphatic hydroxyl groups is 1. The van der Waals surface area contributed by atoms with Crippen LogP contribution in [0.5, 0.6) is 0 Å². The fourth-order valence-electron chi connectivity index (χ4n) is 2.65. The summed E-state index contributed by atoms with van der Waals surface area (Å²) in [6.45, 7) is 5.21. The molecule has 4 nitrogen and oxygen atoms in total. The summed E-state index contributed by atoms with van der Waals surface area (Å²) in [5, 5.41) is 12.4. The maximum absolute atomic E-state index is 12.3. The van der Waals surface area contributed by atoms with Gasteiger partial charge in [0.15, 0.2) is 0 Å². The van der Waals surface area contributed by atoms with Crippen LogP contribution in [0.1, 0.15) is 31.7 Å². The number of aliphatic hydroxyl groups excluding tert-OH is 1. The Hall–Kier alpha value is -1.55. The largest absolute Gasteiger partial charge is 0.395 e. The molecule has 0 radical (unpaired) electrons. The summed E-state index contributed by atoms with van der Waals surface area (Å²) in [5.41, 5.74) is 2.36. The molecule has 2 N–H and O–H groups in total. The Morgan fingerprint density at radius 1 is 1.47 bits per heavy atom. The van der Waals surface area contributed by atoms with Crippen LogP contribution in [0.25, 0.3) is 0 Å². The molecule has 1 aliphatic heterocycles. The Morgan fingerprint density at radius 2 is 2.21 bits per heavy atom. The van der Waals surface area contributed by atoms with E-state index in [4.69, 9.17) is 5.11 Å². The van der Waals surface area contributed by atoms with Gasteiger partial charge in [-0.1, -0.05) is 18.2 Å². The van der Waals surface area contributed by atoms with Gasteiger partial charge < -0.3 is 15.3 Å². The molecular formula is C15H22N2O2. The number of hydrogen-bond donors (Lipinski definition) is 2. The number of nitrogens with zero attached hydrogens (tertiary/aromatic N) is 1. The van der Waals surface area contributed by atoms with E-state index in [-0.39, 0.29) is 24.5 Å². The molecule has 2 rings (SSSR count). The van der Waals surface area contributed by atoms with E-state index < -0.39 is 0 Å². The van der Waals surface area contributed by atoms with Crippen LogP contribution in [0, 0.1) is 0 Å². The van der Waals surface area contributed by atoms with Crippen molar-refractivity contribution in [3.63, 3.8) is 0 Å². The number of rotatable bonds is 5. The number of amides is 1. The third kappa shape index (κ3) is 3.07. The maximum atomic E-state index is 12.3. The van der Waals surface area contributed by atoms with Gasteiger partial charge in [0.25, 0.3) is 0 Å². The fraction of sp³-hybridized carbons (Fsp3) is 0.533. The lowest BCUT2D eigenvalue weighted by molar-refractivity contribution is -0.133. The molecular weight excluding hydrogens is 240 g/mol. The number of fused-ring (bicyclic) bond motifs is 1. The summed E-state index contributed by atoms with van der Waals surface area (Å²) in [7, 11) is 0. The molecule has 104 valence electrons. The lowest BCUT2D eigenvalue weighted by Crippen LogP contribution is -2.39. The van der Waals surface area contributed by atoms with Gasteiger partial charge in [-0.15, -0.1) is 0 Å². The van der Waals surface area contributed by atoms with Crippen molar-refractivity contribution in [2.24, 2.45) is 0 Å². The highest BCUT2D eigenvalue weighted by molar-refractivity contribution is 5.78. The zero-order chi connectivity index (χ0) is 13.8. The predicted octanol–water partition coefficient (Wildman–Crippen LogP) is 1.82. The van der Waals surface area contributed by atoms with E-state index in [1.54, 1.807) is 4.90 Å². The standard InChI is InChI=1S/C15H22N2O2/c1-11(2)17(7-8-18)15(19)9-12-10-16-14-6-4-3-5-13(12)14/h3-6,11-12,16,18H,7-10H2,1-2H3. The molecule has 0 spiro atoms. The zero-order valence-corrected chi connectivity index (χ0v) is 11.6. The highest BCUT2D eigenvalue weighted by Crippen LogP contribution is 2.33. The van der Waals surface area contributed by atoms with Crippen molar-refractivity contribution in [1.82, 2.24) is 4.90 Å². The first kappa shape index (κ1) is 13.9. The smallest absolute Gasteiger partial charge is 0.223 e. The minimum absolute atomic E-state index is 0.0173. The van der Waals surface area contributed by atoms with Gasteiger partial charge in [0, 0.05) is 37.2 Å². The van der Waals surface area contributed by atoms with Crippen molar-refractivity contribution in [1.29, 1.82) is 0 Å². The summed E-state index contributed by atoms with van der Waals surface area (Å²) in [6.07, 6.45) is 0.502. The van der Waals surface area contributed by atoms with E-state index >= 15 is 0 Å². The normalized spacial score (nSPS) is 17.2. The van der Waals surface area contributed by atoms with E-state index in [9.17, 15) is 4.79 Å². The topological polar surface area (TPSA) is 52.6 Å². The highest BCUT2D eigenvalue weighted by atomic mass is 16.3. The maximum Gasteiger partial charge on any atom is 0.223 e. The Morgan fingerprint density at radius 3 is 2.89 bits per heavy atom. The Bertz CT molecular complexity index is 446. The van der Waals surface area contributed by atoms with Crippen LogP contribution in [-0.2, 0) is 4.79 Å². The Balaban J connectivity index is 2.04. The second kappa shape index (κ2) is 6.06. The van der Waals surface area contributed by atoms with Crippen LogP contribution in [0.15, 0.2) is 24.3 Å². The number of nitrogens with one attached hydrogen (secondary N) is 1. The average molecular weight is 262 g/mol. The molecule has 0 aromatic heterocycles. The summed E-state index contributed by atoms with van der Waals surface area (Å²) < 4.78 is 0. The minimum Gasteiger partial charge on any atom is -0.395 e. The molecule has 1 amide bonds. The van der Waals surface area contributed by atoms with Gasteiger partial charge in [0.1, 0.15) is 0 Å². The second-order valence-corrected chi connectivity index (χ2v) is 5.27. The average Bonchev–Trinajstić information content (AvgIpc) is 2.79. The number of benzene rings is 1. The summed E-state index contributed by atoms with van der Waals surface area (Å²) in [6, 6.07) is 8.27. The van der Waals surface area contributed by atoms with Crippen LogP contribution in [0.3, 0.4) is 0 Å². The fourth-order valence-corrected chi connectivity index (χ4v) is 2.65. The van der Waals surface area contributed by atoms with Crippen LogP contribution >= 0.6 is 0 Å². The van der Waals surface area contributed by atoms with Crippen LogP contribution in [-0.4, -0.2) is 41.7 Å². The second-order valence-electron chi connectivity index (χ2n) is 5.27. The zero-order valence-electron chi connectivity index (χ0n) is 11.6. The molecule has 0 saturated heterocycles. The number of anilines is 1. The number of hydrogen-bond acceptors (Lipinski definition) is 3. The summed E-state index contributed by atoms with van der Waals surface area (Å²) in [5.74, 6) is 0.358. The van der Waals surface area contributed by atoms with Crippen molar-refractivity contribution in [2.75, 3.05) is 25.0 Å². The van der Waals surface area contributed by atoms with Crippen molar-refractivity contribution in [2.45, 2.75) is 32.2 Å². The predicted molar refractivity (Wildman–Crippen MR) is 76.2 cm³/mol. The molecule has 1 atom stereocenters. The summed E-state index contributed by atoms with van der Waals surface area (Å²) in [4.78, 5) is 14.1. The first-order valence-electron chi connectivity index (χ1n) is 6.86. The quantitative estimate of drug-likeness (QED) is 0.851. The monoisotopic (exact) mass is 262 g/mol. The first-order valence-corrected chi connectivity index (χ1v) is 6.86. The Labute approximate surface area is 114 Å². The molecule has 4 heteroatoms. The lowest BCUT2D eigenvalue weighted by atomic mass is 9.97. The van der Waals surface area contributed by atoms with Gasteiger partial charge >= 0.3 is 0 Å². The number of para-hydroxylation sites is 1. The molecule has 19 heavy (non-hydrogen) atoms. The molecule has 1 aromatic carbocycles. The highest BCUT2D eigenvalue weighted by Gasteiger charge is 2.26.